The third-order valence-electron chi connectivity index (χ3n) is 4.22. The Morgan fingerprint density at radius 3 is 2.82 bits per heavy atom. The monoisotopic (exact) mass is 381 g/mol. The fourth-order valence-corrected chi connectivity index (χ4v) is 2.99. The van der Waals surface area contributed by atoms with Gasteiger partial charge >= 0.3 is 5.97 Å². The first-order valence-corrected chi connectivity index (χ1v) is 8.65. The molecule has 1 aliphatic heterocycles. The lowest BCUT2D eigenvalue weighted by molar-refractivity contribution is -0.118. The molecule has 28 heavy (non-hydrogen) atoms. The SMILES string of the molecule is CCOC(=O)c1cnn(-c2ccc(F)cc2)c1-c1ccc2c(c1)NC(=O)CO2. The van der Waals surface area contributed by atoms with Crippen LogP contribution in [0.1, 0.15) is 17.3 Å². The van der Waals surface area contributed by atoms with Gasteiger partial charge in [0, 0.05) is 5.56 Å². The van der Waals surface area contributed by atoms with Gasteiger partial charge in [-0.3, -0.25) is 4.79 Å². The van der Waals surface area contributed by atoms with Crippen LogP contribution in [0.25, 0.3) is 16.9 Å². The summed E-state index contributed by atoms with van der Waals surface area (Å²) in [4.78, 5) is 24.1. The highest BCUT2D eigenvalue weighted by atomic mass is 19.1. The second-order valence-corrected chi connectivity index (χ2v) is 6.06. The lowest BCUT2D eigenvalue weighted by Gasteiger charge is -2.19. The van der Waals surface area contributed by atoms with Crippen LogP contribution in [0, 0.1) is 5.82 Å². The van der Waals surface area contributed by atoms with Crippen LogP contribution < -0.4 is 10.1 Å². The van der Waals surface area contributed by atoms with Gasteiger partial charge in [0.05, 0.1) is 29.9 Å². The van der Waals surface area contributed by atoms with Crippen LogP contribution >= 0.6 is 0 Å². The molecular weight excluding hydrogens is 365 g/mol. The molecule has 0 spiro atoms. The van der Waals surface area contributed by atoms with Crippen molar-refractivity contribution in [3.63, 3.8) is 0 Å². The van der Waals surface area contributed by atoms with Crippen molar-refractivity contribution in [2.24, 2.45) is 0 Å². The van der Waals surface area contributed by atoms with Crippen molar-refractivity contribution >= 4 is 17.6 Å². The van der Waals surface area contributed by atoms with Gasteiger partial charge in [0.25, 0.3) is 5.91 Å². The number of carbonyl (C=O) groups excluding carboxylic acids is 2. The molecule has 8 heteroatoms. The molecule has 1 N–H and O–H groups in total. The third kappa shape index (κ3) is 3.20. The van der Waals surface area contributed by atoms with Crippen LogP contribution in [-0.2, 0) is 9.53 Å². The summed E-state index contributed by atoms with van der Waals surface area (Å²) in [6.07, 6.45) is 1.41. The number of benzene rings is 2. The number of esters is 1. The first-order chi connectivity index (χ1) is 13.6. The fourth-order valence-electron chi connectivity index (χ4n) is 2.99. The smallest absolute Gasteiger partial charge is 0.342 e. The molecular formula is C20H16FN3O4. The maximum atomic E-state index is 13.3. The zero-order valence-electron chi connectivity index (χ0n) is 14.9. The van der Waals surface area contributed by atoms with Crippen LogP contribution in [0.15, 0.2) is 48.7 Å². The second-order valence-electron chi connectivity index (χ2n) is 6.06. The number of nitrogens with one attached hydrogen (secondary N) is 1. The van der Waals surface area contributed by atoms with Crippen LogP contribution in [0.5, 0.6) is 5.75 Å². The molecule has 1 amide bonds. The summed E-state index contributed by atoms with van der Waals surface area (Å²) >= 11 is 0. The molecule has 0 unspecified atom stereocenters. The lowest BCUT2D eigenvalue weighted by Crippen LogP contribution is -2.25. The van der Waals surface area contributed by atoms with E-state index in [1.165, 1.54) is 23.0 Å². The van der Waals surface area contributed by atoms with Crippen molar-refractivity contribution in [3.8, 4) is 22.7 Å². The van der Waals surface area contributed by atoms with Gasteiger partial charge in [0.15, 0.2) is 6.61 Å². The fraction of sp³-hybridized carbons (Fsp3) is 0.150. The minimum atomic E-state index is -0.524. The predicted molar refractivity (Wildman–Crippen MR) is 99.0 cm³/mol. The molecule has 0 saturated carbocycles. The summed E-state index contributed by atoms with van der Waals surface area (Å²) in [6, 6.07) is 10.9. The highest BCUT2D eigenvalue weighted by Gasteiger charge is 2.23. The molecule has 0 aliphatic carbocycles. The van der Waals surface area contributed by atoms with Crippen molar-refractivity contribution < 1.29 is 23.5 Å². The average molecular weight is 381 g/mol. The maximum absolute atomic E-state index is 13.3. The number of hydrogen-bond donors (Lipinski definition) is 1. The number of ether oxygens (including phenoxy) is 2. The van der Waals surface area contributed by atoms with E-state index in [0.717, 1.165) is 0 Å². The second kappa shape index (κ2) is 7.15. The molecule has 142 valence electrons. The molecule has 3 aromatic rings. The van der Waals surface area contributed by atoms with E-state index in [9.17, 15) is 14.0 Å². The van der Waals surface area contributed by atoms with Crippen LogP contribution in [0.2, 0.25) is 0 Å². The molecule has 0 bridgehead atoms. The number of carbonyl (C=O) groups is 2. The highest BCUT2D eigenvalue weighted by molar-refractivity contribution is 5.99. The largest absolute Gasteiger partial charge is 0.482 e. The number of amides is 1. The molecule has 0 radical (unpaired) electrons. The molecule has 2 aromatic carbocycles. The molecule has 1 aliphatic rings. The number of rotatable bonds is 4. The van der Waals surface area contributed by atoms with Gasteiger partial charge in [-0.25, -0.2) is 13.9 Å². The highest BCUT2D eigenvalue weighted by Crippen LogP contribution is 2.35. The molecule has 0 atom stereocenters. The summed E-state index contributed by atoms with van der Waals surface area (Å²) in [5, 5.41) is 7.04. The first kappa shape index (κ1) is 17.7. The Kier molecular flexibility index (Phi) is 4.52. The van der Waals surface area contributed by atoms with E-state index in [0.29, 0.717) is 28.4 Å². The van der Waals surface area contributed by atoms with Crippen molar-refractivity contribution in [1.82, 2.24) is 9.78 Å². The minimum absolute atomic E-state index is 0.0477. The standard InChI is InChI=1S/C20H16FN3O4/c1-2-27-20(26)15-10-22-24(14-6-4-13(21)5-7-14)19(15)12-3-8-17-16(9-12)23-18(25)11-28-17/h3-10H,2,11H2,1H3,(H,23,25). The van der Waals surface area contributed by atoms with E-state index in [4.69, 9.17) is 9.47 Å². The average Bonchev–Trinajstić information content (AvgIpc) is 3.13. The Morgan fingerprint density at radius 2 is 2.07 bits per heavy atom. The summed E-state index contributed by atoms with van der Waals surface area (Å²) in [7, 11) is 0. The zero-order chi connectivity index (χ0) is 19.7. The molecule has 4 rings (SSSR count). The van der Waals surface area contributed by atoms with Gasteiger partial charge in [0.1, 0.15) is 17.1 Å². The van der Waals surface area contributed by atoms with Gasteiger partial charge < -0.3 is 14.8 Å². The normalized spacial score (nSPS) is 12.7. The molecule has 1 aromatic heterocycles. The summed E-state index contributed by atoms with van der Waals surface area (Å²) in [6.45, 7) is 1.88. The molecule has 0 fully saturated rings. The van der Waals surface area contributed by atoms with Gasteiger partial charge in [-0.2, -0.15) is 5.10 Å². The van der Waals surface area contributed by atoms with Crippen LogP contribution in [0.4, 0.5) is 10.1 Å². The van der Waals surface area contributed by atoms with E-state index >= 15 is 0 Å². The Morgan fingerprint density at radius 1 is 1.29 bits per heavy atom. The Bertz CT molecular complexity index is 1060. The topological polar surface area (TPSA) is 82.5 Å². The summed E-state index contributed by atoms with van der Waals surface area (Å²) < 4.78 is 25.4. The first-order valence-electron chi connectivity index (χ1n) is 8.65. The van der Waals surface area contributed by atoms with Gasteiger partial charge in [-0.05, 0) is 49.4 Å². The third-order valence-corrected chi connectivity index (χ3v) is 4.22. The number of anilines is 1. The van der Waals surface area contributed by atoms with E-state index in [1.807, 2.05) is 0 Å². The Balaban J connectivity index is 1.87. The number of fused-ring (bicyclic) bond motifs is 1. The zero-order valence-corrected chi connectivity index (χ0v) is 14.9. The Hall–Kier alpha value is -3.68. The maximum Gasteiger partial charge on any atom is 0.342 e. The van der Waals surface area contributed by atoms with E-state index in [2.05, 4.69) is 10.4 Å². The van der Waals surface area contributed by atoms with Crippen molar-refractivity contribution in [2.75, 3.05) is 18.5 Å². The molecule has 7 nitrogen and oxygen atoms in total. The van der Waals surface area contributed by atoms with Crippen molar-refractivity contribution in [3.05, 3.63) is 60.0 Å². The number of nitrogens with zero attached hydrogens (tertiary/aromatic N) is 2. The lowest BCUT2D eigenvalue weighted by atomic mass is 10.1. The summed E-state index contributed by atoms with van der Waals surface area (Å²) in [5.41, 5.74) is 2.41. The van der Waals surface area contributed by atoms with E-state index in [1.54, 1.807) is 37.3 Å². The van der Waals surface area contributed by atoms with Crippen molar-refractivity contribution in [1.29, 1.82) is 0 Å². The van der Waals surface area contributed by atoms with Gasteiger partial charge in [0.2, 0.25) is 0 Å². The van der Waals surface area contributed by atoms with E-state index in [-0.39, 0.29) is 30.5 Å². The number of aromatic nitrogens is 2. The predicted octanol–water partition coefficient (Wildman–Crippen LogP) is 3.19. The number of halogens is 1. The minimum Gasteiger partial charge on any atom is -0.482 e. The number of hydrogen-bond acceptors (Lipinski definition) is 5. The van der Waals surface area contributed by atoms with Crippen LogP contribution in [-0.4, -0.2) is 34.9 Å². The van der Waals surface area contributed by atoms with Gasteiger partial charge in [-0.15, -0.1) is 0 Å². The molecule has 2 heterocycles. The van der Waals surface area contributed by atoms with Gasteiger partial charge in [-0.1, -0.05) is 0 Å². The van der Waals surface area contributed by atoms with Crippen LogP contribution in [0.3, 0.4) is 0 Å². The summed E-state index contributed by atoms with van der Waals surface area (Å²) in [5.74, 6) is -0.628. The quantitative estimate of drug-likeness (QED) is 0.702. The van der Waals surface area contributed by atoms with E-state index < -0.39 is 5.97 Å². The molecule has 0 saturated heterocycles. The van der Waals surface area contributed by atoms with Crippen molar-refractivity contribution in [2.45, 2.75) is 6.92 Å². The Labute approximate surface area is 159 Å².